The van der Waals surface area contributed by atoms with Gasteiger partial charge in [0.2, 0.25) is 0 Å². The van der Waals surface area contributed by atoms with Gasteiger partial charge >= 0.3 is 0 Å². The van der Waals surface area contributed by atoms with Crippen molar-refractivity contribution < 1.29 is 15.3 Å². The van der Waals surface area contributed by atoms with Gasteiger partial charge in [0.25, 0.3) is 0 Å². The first-order chi connectivity index (χ1) is 14.2. The van der Waals surface area contributed by atoms with Crippen LogP contribution < -0.4 is 10.2 Å². The lowest BCUT2D eigenvalue weighted by atomic mass is 9.89. The van der Waals surface area contributed by atoms with Crippen molar-refractivity contribution >= 4 is 10.9 Å². The molecule has 1 aliphatic carbocycles. The summed E-state index contributed by atoms with van der Waals surface area (Å²) in [6.45, 7) is 6.96. The number of aliphatic hydroxyl groups excluding tert-OH is 1. The number of rotatable bonds is 6. The Morgan fingerprint density at radius 1 is 1.21 bits per heavy atom. The van der Waals surface area contributed by atoms with E-state index in [2.05, 4.69) is 65.3 Å². The van der Waals surface area contributed by atoms with E-state index in [1.54, 1.807) is 16.2 Å². The number of benzene rings is 2. The second kappa shape index (κ2) is 7.94. The number of aliphatic hydroxyl groups is 1. The lowest BCUT2D eigenvalue weighted by Crippen LogP contribution is -3.15. The summed E-state index contributed by atoms with van der Waals surface area (Å²) >= 11 is 0. The van der Waals surface area contributed by atoms with E-state index in [4.69, 9.17) is 0 Å². The molecule has 1 unspecified atom stereocenters. The molecule has 2 aliphatic rings. The number of nitrogens with zero attached hydrogens (tertiary/aromatic N) is 1. The Kier molecular flexibility index (Phi) is 5.17. The Bertz CT molecular complexity index is 994. The fourth-order valence-electron chi connectivity index (χ4n) is 5.59. The molecular formula is C25H33N3O+2. The highest BCUT2D eigenvalue weighted by atomic mass is 16.3. The molecule has 1 aliphatic heterocycles. The standard InChI is InChI=1S/C25H31N3O/c1-18-10-11-23-22(14-18)21-8-5-9-24-25(21)28(23)13-12-27(24)17-20(29)16-26-15-19-6-3-2-4-7-19/h2-4,6-7,10-11,14,20,24,26,29H,5,8-9,12-13,15-17H2,1H3/p+2/t20-,24-/m1/s1. The fourth-order valence-corrected chi connectivity index (χ4v) is 5.59. The van der Waals surface area contributed by atoms with Crippen LogP contribution >= 0.6 is 0 Å². The molecule has 0 fully saturated rings. The third-order valence-electron chi connectivity index (χ3n) is 6.93. The van der Waals surface area contributed by atoms with Crippen molar-refractivity contribution in [3.05, 3.63) is 70.9 Å². The predicted octanol–water partition coefficient (Wildman–Crippen LogP) is 1.35. The molecule has 0 spiro atoms. The lowest BCUT2D eigenvalue weighted by Gasteiger charge is -2.37. The Balaban J connectivity index is 1.29. The topological polar surface area (TPSA) is 46.2 Å². The van der Waals surface area contributed by atoms with Crippen molar-refractivity contribution in [3.8, 4) is 0 Å². The van der Waals surface area contributed by atoms with Gasteiger partial charge in [-0.05, 0) is 37.5 Å². The van der Waals surface area contributed by atoms with Gasteiger partial charge in [0.05, 0.1) is 18.8 Å². The van der Waals surface area contributed by atoms with E-state index in [1.165, 1.54) is 41.3 Å². The Morgan fingerprint density at radius 3 is 2.93 bits per heavy atom. The molecule has 2 heterocycles. The Labute approximate surface area is 173 Å². The molecule has 152 valence electrons. The summed E-state index contributed by atoms with van der Waals surface area (Å²) in [6.07, 6.45) is 3.47. The van der Waals surface area contributed by atoms with Crippen molar-refractivity contribution in [2.24, 2.45) is 0 Å². The third kappa shape index (κ3) is 3.61. The average molecular weight is 392 g/mol. The molecule has 4 N–H and O–H groups in total. The average Bonchev–Trinajstić information content (AvgIpc) is 3.05. The summed E-state index contributed by atoms with van der Waals surface area (Å²) in [5.74, 6) is 0. The zero-order valence-electron chi connectivity index (χ0n) is 17.4. The van der Waals surface area contributed by atoms with Gasteiger partial charge in [0.15, 0.2) is 6.10 Å². The van der Waals surface area contributed by atoms with Gasteiger partial charge in [0, 0.05) is 22.9 Å². The largest absolute Gasteiger partial charge is 0.382 e. The first kappa shape index (κ1) is 18.9. The van der Waals surface area contributed by atoms with E-state index in [9.17, 15) is 5.11 Å². The predicted molar refractivity (Wildman–Crippen MR) is 116 cm³/mol. The molecule has 2 aromatic carbocycles. The van der Waals surface area contributed by atoms with Gasteiger partial charge in [0.1, 0.15) is 25.7 Å². The Morgan fingerprint density at radius 2 is 2.07 bits per heavy atom. The van der Waals surface area contributed by atoms with E-state index < -0.39 is 0 Å². The molecule has 4 heteroatoms. The quantitative estimate of drug-likeness (QED) is 0.584. The van der Waals surface area contributed by atoms with Crippen LogP contribution in [0.2, 0.25) is 0 Å². The van der Waals surface area contributed by atoms with Gasteiger partial charge in [-0.1, -0.05) is 42.0 Å². The van der Waals surface area contributed by atoms with Gasteiger partial charge in [-0.2, -0.15) is 0 Å². The molecule has 3 atom stereocenters. The minimum atomic E-state index is -0.253. The van der Waals surface area contributed by atoms with Gasteiger partial charge in [-0.3, -0.25) is 0 Å². The van der Waals surface area contributed by atoms with E-state index in [1.807, 2.05) is 0 Å². The van der Waals surface area contributed by atoms with Crippen LogP contribution in [0.5, 0.6) is 0 Å². The van der Waals surface area contributed by atoms with Crippen molar-refractivity contribution in [1.82, 2.24) is 4.57 Å². The monoisotopic (exact) mass is 391 g/mol. The van der Waals surface area contributed by atoms with Gasteiger partial charge in [-0.25, -0.2) is 0 Å². The number of quaternary nitrogens is 2. The van der Waals surface area contributed by atoms with Crippen LogP contribution in [0.1, 0.15) is 41.3 Å². The highest BCUT2D eigenvalue weighted by Gasteiger charge is 2.38. The summed E-state index contributed by atoms with van der Waals surface area (Å²) in [5.41, 5.74) is 7.25. The third-order valence-corrected chi connectivity index (χ3v) is 6.93. The number of aryl methyl sites for hydroxylation is 2. The van der Waals surface area contributed by atoms with Crippen LogP contribution in [0.25, 0.3) is 10.9 Å². The number of fused-ring (bicyclic) bond motifs is 3. The van der Waals surface area contributed by atoms with E-state index in [-0.39, 0.29) is 6.10 Å². The summed E-state index contributed by atoms with van der Waals surface area (Å²) in [5, 5.41) is 14.5. The normalized spacial score (nSPS) is 21.9. The maximum atomic E-state index is 10.7. The molecule has 0 amide bonds. The number of hydrogen-bond acceptors (Lipinski definition) is 1. The highest BCUT2D eigenvalue weighted by Crippen LogP contribution is 2.37. The zero-order valence-corrected chi connectivity index (χ0v) is 17.4. The summed E-state index contributed by atoms with van der Waals surface area (Å²) in [7, 11) is 0. The summed E-state index contributed by atoms with van der Waals surface area (Å²) in [4.78, 5) is 1.58. The van der Waals surface area contributed by atoms with Crippen LogP contribution in [0.15, 0.2) is 48.5 Å². The Hall–Kier alpha value is -2.14. The number of nitrogens with one attached hydrogen (secondary N) is 1. The minimum absolute atomic E-state index is 0.253. The maximum absolute atomic E-state index is 10.7. The van der Waals surface area contributed by atoms with Crippen molar-refractivity contribution in [2.45, 2.75) is 51.4 Å². The highest BCUT2D eigenvalue weighted by molar-refractivity contribution is 5.86. The van der Waals surface area contributed by atoms with E-state index in [0.717, 1.165) is 32.7 Å². The second-order valence-corrected chi connectivity index (χ2v) is 8.96. The smallest absolute Gasteiger partial charge is 0.151 e. The molecule has 1 aromatic heterocycles. The second-order valence-electron chi connectivity index (χ2n) is 8.96. The van der Waals surface area contributed by atoms with Crippen molar-refractivity contribution in [2.75, 3.05) is 19.6 Å². The number of aromatic nitrogens is 1. The lowest BCUT2D eigenvalue weighted by molar-refractivity contribution is -0.941. The number of hydrogen-bond donors (Lipinski definition) is 3. The summed E-state index contributed by atoms with van der Waals surface area (Å²) < 4.78 is 2.59. The molecular weight excluding hydrogens is 358 g/mol. The van der Waals surface area contributed by atoms with Gasteiger partial charge < -0.3 is 19.9 Å². The molecule has 0 saturated carbocycles. The molecule has 5 rings (SSSR count). The van der Waals surface area contributed by atoms with E-state index in [0.29, 0.717) is 6.04 Å². The zero-order chi connectivity index (χ0) is 19.8. The molecule has 0 radical (unpaired) electrons. The molecule has 29 heavy (non-hydrogen) atoms. The first-order valence-corrected chi connectivity index (χ1v) is 11.2. The summed E-state index contributed by atoms with van der Waals surface area (Å²) in [6, 6.07) is 18.0. The van der Waals surface area contributed by atoms with Crippen molar-refractivity contribution in [3.63, 3.8) is 0 Å². The fraction of sp³-hybridized carbons (Fsp3) is 0.440. The van der Waals surface area contributed by atoms with Crippen LogP contribution in [0.4, 0.5) is 0 Å². The first-order valence-electron chi connectivity index (χ1n) is 11.2. The maximum Gasteiger partial charge on any atom is 0.151 e. The number of nitrogens with two attached hydrogens (primary N) is 1. The SMILES string of the molecule is Cc1ccc2c(c1)c1c3n2CC[NH+](C[C@H](O)C[NH2+]Cc2ccccc2)[C@@H]3CCC1. The molecule has 4 nitrogen and oxygen atoms in total. The molecule has 0 bridgehead atoms. The minimum Gasteiger partial charge on any atom is -0.382 e. The van der Waals surface area contributed by atoms with E-state index >= 15 is 0 Å². The van der Waals surface area contributed by atoms with Crippen LogP contribution in [-0.4, -0.2) is 35.4 Å². The van der Waals surface area contributed by atoms with Gasteiger partial charge in [-0.15, -0.1) is 0 Å². The van der Waals surface area contributed by atoms with Crippen LogP contribution in [-0.2, 0) is 19.5 Å². The molecule has 0 saturated heterocycles. The molecule has 3 aromatic rings. The van der Waals surface area contributed by atoms with Crippen LogP contribution in [0, 0.1) is 6.92 Å². The van der Waals surface area contributed by atoms with Crippen LogP contribution in [0.3, 0.4) is 0 Å². The van der Waals surface area contributed by atoms with Crippen molar-refractivity contribution in [1.29, 1.82) is 0 Å².